The van der Waals surface area contributed by atoms with Crippen LogP contribution >= 0.6 is 0 Å². The second-order valence-electron chi connectivity index (χ2n) is 5.25. The van der Waals surface area contributed by atoms with Gasteiger partial charge in [0.25, 0.3) is 0 Å². The normalized spacial score (nSPS) is 20.1. The molecule has 0 bridgehead atoms. The number of nitrogens with zero attached hydrogens (tertiary/aromatic N) is 4. The minimum Gasteiger partial charge on any atom is -0.356 e. The second-order valence-corrected chi connectivity index (χ2v) is 5.25. The van der Waals surface area contributed by atoms with Crippen molar-refractivity contribution in [1.82, 2.24) is 14.6 Å². The fourth-order valence-electron chi connectivity index (χ4n) is 2.82. The van der Waals surface area contributed by atoms with Gasteiger partial charge in [0.15, 0.2) is 5.65 Å². The van der Waals surface area contributed by atoms with E-state index in [0.717, 1.165) is 43.2 Å². The standard InChI is InChI=1S/C14H21N5/c1-2-12-8-14(19-13(17-12)5-6-16-19)18-7-3-4-11(9-15)10-18/h5-6,8,11H,2-4,7,9-10,15H2,1H3/t11-/m1/s1. The van der Waals surface area contributed by atoms with Gasteiger partial charge in [0.1, 0.15) is 5.82 Å². The van der Waals surface area contributed by atoms with Crippen LogP contribution < -0.4 is 10.6 Å². The lowest BCUT2D eigenvalue weighted by molar-refractivity contribution is 0.420. The zero-order valence-corrected chi connectivity index (χ0v) is 11.4. The summed E-state index contributed by atoms with van der Waals surface area (Å²) in [6.07, 6.45) is 5.20. The zero-order valence-electron chi connectivity index (χ0n) is 11.4. The molecule has 2 aromatic heterocycles. The first-order chi connectivity index (χ1) is 9.31. The highest BCUT2D eigenvalue weighted by atomic mass is 15.3. The second kappa shape index (κ2) is 5.17. The zero-order chi connectivity index (χ0) is 13.2. The average Bonchev–Trinajstić information content (AvgIpc) is 2.94. The van der Waals surface area contributed by atoms with Crippen molar-refractivity contribution < 1.29 is 0 Å². The van der Waals surface area contributed by atoms with Crippen LogP contribution in [0.15, 0.2) is 18.3 Å². The Hall–Kier alpha value is -1.62. The molecule has 1 fully saturated rings. The van der Waals surface area contributed by atoms with Gasteiger partial charge in [0.2, 0.25) is 0 Å². The molecule has 5 nitrogen and oxygen atoms in total. The van der Waals surface area contributed by atoms with Crippen LogP contribution in [0, 0.1) is 5.92 Å². The van der Waals surface area contributed by atoms with E-state index in [1.165, 1.54) is 12.8 Å². The van der Waals surface area contributed by atoms with Crippen molar-refractivity contribution in [2.75, 3.05) is 24.5 Å². The number of rotatable bonds is 3. The van der Waals surface area contributed by atoms with E-state index in [0.29, 0.717) is 5.92 Å². The predicted octanol–water partition coefficient (Wildman–Crippen LogP) is 1.47. The van der Waals surface area contributed by atoms with Gasteiger partial charge >= 0.3 is 0 Å². The van der Waals surface area contributed by atoms with E-state index in [1.807, 2.05) is 16.8 Å². The third-order valence-electron chi connectivity index (χ3n) is 3.93. The van der Waals surface area contributed by atoms with Crippen LogP contribution in [-0.2, 0) is 6.42 Å². The molecule has 3 heterocycles. The molecule has 1 atom stereocenters. The summed E-state index contributed by atoms with van der Waals surface area (Å²) in [5.41, 5.74) is 7.89. The number of fused-ring (bicyclic) bond motifs is 1. The van der Waals surface area contributed by atoms with E-state index in [-0.39, 0.29) is 0 Å². The molecule has 0 saturated carbocycles. The Balaban J connectivity index is 2.00. The molecule has 0 spiro atoms. The first-order valence-electron chi connectivity index (χ1n) is 7.10. The van der Waals surface area contributed by atoms with Gasteiger partial charge in [-0.25, -0.2) is 4.98 Å². The Morgan fingerprint density at radius 3 is 3.16 bits per heavy atom. The van der Waals surface area contributed by atoms with Crippen molar-refractivity contribution in [3.05, 3.63) is 24.0 Å². The summed E-state index contributed by atoms with van der Waals surface area (Å²) in [5.74, 6) is 1.75. The lowest BCUT2D eigenvalue weighted by Gasteiger charge is -2.33. The van der Waals surface area contributed by atoms with Crippen LogP contribution in [0.2, 0.25) is 0 Å². The number of aromatic nitrogens is 3. The van der Waals surface area contributed by atoms with Gasteiger partial charge in [0, 0.05) is 30.9 Å². The van der Waals surface area contributed by atoms with Gasteiger partial charge in [-0.2, -0.15) is 9.61 Å². The van der Waals surface area contributed by atoms with E-state index < -0.39 is 0 Å². The molecule has 2 aromatic rings. The van der Waals surface area contributed by atoms with E-state index >= 15 is 0 Å². The quantitative estimate of drug-likeness (QED) is 0.906. The molecule has 0 amide bonds. The summed E-state index contributed by atoms with van der Waals surface area (Å²) in [5, 5.41) is 4.40. The molecule has 19 heavy (non-hydrogen) atoms. The largest absolute Gasteiger partial charge is 0.356 e. The minimum atomic E-state index is 0.595. The molecule has 0 unspecified atom stereocenters. The molecule has 0 aliphatic carbocycles. The van der Waals surface area contributed by atoms with Crippen LogP contribution in [0.1, 0.15) is 25.5 Å². The molecule has 0 radical (unpaired) electrons. The number of nitrogens with two attached hydrogens (primary N) is 1. The maximum Gasteiger partial charge on any atom is 0.157 e. The molecule has 1 aliphatic heterocycles. The highest BCUT2D eigenvalue weighted by Gasteiger charge is 2.21. The molecule has 1 aliphatic rings. The number of hydrogen-bond donors (Lipinski definition) is 1. The first-order valence-corrected chi connectivity index (χ1v) is 7.10. The van der Waals surface area contributed by atoms with E-state index in [2.05, 4.69) is 28.0 Å². The van der Waals surface area contributed by atoms with Crippen LogP contribution in [0.3, 0.4) is 0 Å². The summed E-state index contributed by atoms with van der Waals surface area (Å²) in [7, 11) is 0. The maximum absolute atomic E-state index is 5.83. The van der Waals surface area contributed by atoms with Crippen LogP contribution in [-0.4, -0.2) is 34.2 Å². The van der Waals surface area contributed by atoms with Crippen molar-refractivity contribution in [3.8, 4) is 0 Å². The van der Waals surface area contributed by atoms with Crippen molar-refractivity contribution in [2.45, 2.75) is 26.2 Å². The SMILES string of the molecule is CCc1cc(N2CCC[C@H](CN)C2)n2nccc2n1. The van der Waals surface area contributed by atoms with Crippen molar-refractivity contribution >= 4 is 11.5 Å². The lowest BCUT2D eigenvalue weighted by Crippen LogP contribution is -2.39. The van der Waals surface area contributed by atoms with Gasteiger partial charge in [0.05, 0.1) is 6.20 Å². The van der Waals surface area contributed by atoms with Crippen LogP contribution in [0.5, 0.6) is 0 Å². The smallest absolute Gasteiger partial charge is 0.157 e. The summed E-state index contributed by atoms with van der Waals surface area (Å²) in [4.78, 5) is 7.00. The summed E-state index contributed by atoms with van der Waals surface area (Å²) >= 11 is 0. The van der Waals surface area contributed by atoms with Crippen LogP contribution in [0.4, 0.5) is 5.82 Å². The van der Waals surface area contributed by atoms with Crippen molar-refractivity contribution in [1.29, 1.82) is 0 Å². The molecule has 3 rings (SSSR count). The fourth-order valence-corrected chi connectivity index (χ4v) is 2.82. The molecular formula is C14H21N5. The summed E-state index contributed by atoms with van der Waals surface area (Å²) < 4.78 is 1.94. The van der Waals surface area contributed by atoms with Crippen molar-refractivity contribution in [2.24, 2.45) is 11.7 Å². The Morgan fingerprint density at radius 1 is 1.47 bits per heavy atom. The van der Waals surface area contributed by atoms with E-state index in [4.69, 9.17) is 5.73 Å². The highest BCUT2D eigenvalue weighted by Crippen LogP contribution is 2.23. The molecule has 102 valence electrons. The Labute approximate surface area is 113 Å². The summed E-state index contributed by atoms with van der Waals surface area (Å²) in [6, 6.07) is 4.13. The molecule has 2 N–H and O–H groups in total. The Bertz CT molecular complexity index is 562. The molecule has 5 heteroatoms. The minimum absolute atomic E-state index is 0.595. The monoisotopic (exact) mass is 259 g/mol. The third kappa shape index (κ3) is 2.30. The Morgan fingerprint density at radius 2 is 2.37 bits per heavy atom. The molecule has 0 aromatic carbocycles. The predicted molar refractivity (Wildman–Crippen MR) is 76.4 cm³/mol. The van der Waals surface area contributed by atoms with Gasteiger partial charge in [-0.05, 0) is 31.7 Å². The van der Waals surface area contributed by atoms with Crippen LogP contribution in [0.25, 0.3) is 5.65 Å². The van der Waals surface area contributed by atoms with Crippen molar-refractivity contribution in [3.63, 3.8) is 0 Å². The highest BCUT2D eigenvalue weighted by molar-refractivity contribution is 5.51. The first kappa shape index (κ1) is 12.4. The number of anilines is 1. The number of piperidine rings is 1. The summed E-state index contributed by atoms with van der Waals surface area (Å²) in [6.45, 7) is 5.01. The lowest BCUT2D eigenvalue weighted by atomic mass is 9.98. The van der Waals surface area contributed by atoms with Gasteiger partial charge in [-0.1, -0.05) is 6.92 Å². The third-order valence-corrected chi connectivity index (χ3v) is 3.93. The van der Waals surface area contributed by atoms with Gasteiger partial charge in [-0.15, -0.1) is 0 Å². The Kier molecular flexibility index (Phi) is 3.38. The average molecular weight is 259 g/mol. The van der Waals surface area contributed by atoms with Gasteiger partial charge in [-0.3, -0.25) is 0 Å². The molecular weight excluding hydrogens is 238 g/mol. The van der Waals surface area contributed by atoms with E-state index in [9.17, 15) is 0 Å². The fraction of sp³-hybridized carbons (Fsp3) is 0.571. The van der Waals surface area contributed by atoms with Gasteiger partial charge < -0.3 is 10.6 Å². The topological polar surface area (TPSA) is 59.5 Å². The number of hydrogen-bond acceptors (Lipinski definition) is 4. The number of aryl methyl sites for hydroxylation is 1. The maximum atomic E-state index is 5.83. The van der Waals surface area contributed by atoms with E-state index in [1.54, 1.807) is 0 Å². The molecule has 1 saturated heterocycles.